The zero-order valence-corrected chi connectivity index (χ0v) is 18.3. The van der Waals surface area contributed by atoms with Gasteiger partial charge in [-0.05, 0) is 38.5 Å². The molecule has 1 aromatic rings. The van der Waals surface area contributed by atoms with Crippen molar-refractivity contribution < 1.29 is 14.4 Å². The monoisotopic (exact) mass is 419 g/mol. The molecule has 1 fully saturated rings. The molecule has 0 N–H and O–H groups in total. The molecular weight excluding hydrogens is 390 g/mol. The summed E-state index contributed by atoms with van der Waals surface area (Å²) in [5.74, 6) is -0.0300. The fraction of sp³-hybridized carbons (Fsp3) is 0.650. The molecule has 9 heteroatoms. The number of carbonyl (C=O) groups is 3. The molecule has 0 saturated carbocycles. The van der Waals surface area contributed by atoms with Crippen LogP contribution in [0, 0.1) is 0 Å². The summed E-state index contributed by atoms with van der Waals surface area (Å²) in [6.45, 7) is 5.64. The van der Waals surface area contributed by atoms with Crippen LogP contribution in [0.25, 0.3) is 0 Å². The Morgan fingerprint density at radius 3 is 2.59 bits per heavy atom. The van der Waals surface area contributed by atoms with E-state index in [0.717, 1.165) is 48.0 Å². The SMILES string of the molecule is CN1CCCN(CC(=O)N2CCc3c(sc4c3C(=O)N(C)CC(=O)N4C)C2)CC1. The predicted molar refractivity (Wildman–Crippen MR) is 112 cm³/mol. The Morgan fingerprint density at radius 1 is 1.00 bits per heavy atom. The number of anilines is 1. The minimum absolute atomic E-state index is 0.0859. The average molecular weight is 420 g/mol. The lowest BCUT2D eigenvalue weighted by Gasteiger charge is -2.30. The van der Waals surface area contributed by atoms with Crippen molar-refractivity contribution in [1.82, 2.24) is 19.6 Å². The van der Waals surface area contributed by atoms with Crippen LogP contribution in [0.15, 0.2) is 0 Å². The van der Waals surface area contributed by atoms with Gasteiger partial charge in [-0.25, -0.2) is 0 Å². The zero-order chi connectivity index (χ0) is 20.7. The third-order valence-corrected chi connectivity index (χ3v) is 7.47. The molecule has 1 aromatic heterocycles. The number of likely N-dealkylation sites (N-methyl/N-ethyl adjacent to an activating group) is 3. The Bertz CT molecular complexity index is 838. The predicted octanol–water partition coefficient (Wildman–Crippen LogP) is 0.319. The lowest BCUT2D eigenvalue weighted by Crippen LogP contribution is -2.43. The molecule has 3 aliphatic rings. The van der Waals surface area contributed by atoms with Crippen LogP contribution in [0.4, 0.5) is 5.00 Å². The lowest BCUT2D eigenvalue weighted by molar-refractivity contribution is -0.133. The molecule has 0 aromatic carbocycles. The van der Waals surface area contributed by atoms with Gasteiger partial charge in [0.1, 0.15) is 11.5 Å². The first kappa shape index (κ1) is 20.3. The Balaban J connectivity index is 1.50. The number of nitrogens with zero attached hydrogens (tertiary/aromatic N) is 5. The van der Waals surface area contributed by atoms with Gasteiger partial charge in [-0.3, -0.25) is 19.3 Å². The molecule has 4 heterocycles. The molecule has 3 aliphatic heterocycles. The second-order valence-corrected chi connectivity index (χ2v) is 9.38. The summed E-state index contributed by atoms with van der Waals surface area (Å²) in [5.41, 5.74) is 1.67. The highest BCUT2D eigenvalue weighted by Crippen LogP contribution is 2.40. The van der Waals surface area contributed by atoms with Gasteiger partial charge in [0.05, 0.1) is 18.7 Å². The third-order valence-electron chi connectivity index (χ3n) is 6.17. The third kappa shape index (κ3) is 3.91. The van der Waals surface area contributed by atoms with Gasteiger partial charge >= 0.3 is 0 Å². The normalized spacial score (nSPS) is 21.7. The van der Waals surface area contributed by atoms with Crippen molar-refractivity contribution in [3.05, 3.63) is 16.0 Å². The molecule has 0 aliphatic carbocycles. The van der Waals surface area contributed by atoms with Crippen molar-refractivity contribution >= 4 is 34.1 Å². The van der Waals surface area contributed by atoms with Gasteiger partial charge in [0.25, 0.3) is 5.91 Å². The smallest absolute Gasteiger partial charge is 0.257 e. The van der Waals surface area contributed by atoms with Crippen LogP contribution < -0.4 is 4.90 Å². The fourth-order valence-corrected chi connectivity index (χ4v) is 5.63. The highest BCUT2D eigenvalue weighted by atomic mass is 32.1. The summed E-state index contributed by atoms with van der Waals surface area (Å²) in [6, 6.07) is 0. The topological polar surface area (TPSA) is 67.4 Å². The van der Waals surface area contributed by atoms with Crippen molar-refractivity contribution in [2.24, 2.45) is 0 Å². The molecule has 0 unspecified atom stereocenters. The van der Waals surface area contributed by atoms with Crippen molar-refractivity contribution in [2.75, 3.05) is 71.9 Å². The van der Waals surface area contributed by atoms with Crippen molar-refractivity contribution in [1.29, 1.82) is 0 Å². The Hall–Kier alpha value is -1.97. The van der Waals surface area contributed by atoms with E-state index in [0.29, 0.717) is 31.6 Å². The minimum Gasteiger partial charge on any atom is -0.336 e. The molecule has 0 radical (unpaired) electrons. The summed E-state index contributed by atoms with van der Waals surface area (Å²) in [5, 5.41) is 0.721. The summed E-state index contributed by atoms with van der Waals surface area (Å²) < 4.78 is 0. The maximum atomic E-state index is 12.9. The molecule has 0 bridgehead atoms. The van der Waals surface area contributed by atoms with Gasteiger partial charge in [0.2, 0.25) is 11.8 Å². The van der Waals surface area contributed by atoms with E-state index < -0.39 is 0 Å². The van der Waals surface area contributed by atoms with Gasteiger partial charge in [-0.2, -0.15) is 0 Å². The largest absolute Gasteiger partial charge is 0.336 e. The molecule has 1 saturated heterocycles. The first-order valence-electron chi connectivity index (χ1n) is 10.2. The maximum Gasteiger partial charge on any atom is 0.257 e. The van der Waals surface area contributed by atoms with E-state index in [4.69, 9.17) is 0 Å². The van der Waals surface area contributed by atoms with E-state index in [9.17, 15) is 14.4 Å². The minimum atomic E-state index is -0.0938. The highest BCUT2D eigenvalue weighted by molar-refractivity contribution is 7.17. The summed E-state index contributed by atoms with van der Waals surface area (Å²) >= 11 is 1.48. The highest BCUT2D eigenvalue weighted by Gasteiger charge is 2.36. The zero-order valence-electron chi connectivity index (χ0n) is 17.4. The molecular formula is C20H29N5O3S. The van der Waals surface area contributed by atoms with Crippen LogP contribution in [0.2, 0.25) is 0 Å². The Morgan fingerprint density at radius 2 is 1.79 bits per heavy atom. The number of carbonyl (C=O) groups excluding carboxylic acids is 3. The van der Waals surface area contributed by atoms with Gasteiger partial charge in [0, 0.05) is 38.6 Å². The molecule has 3 amide bonds. The maximum absolute atomic E-state index is 12.9. The number of hydrogen-bond donors (Lipinski definition) is 0. The molecule has 8 nitrogen and oxygen atoms in total. The number of hydrogen-bond acceptors (Lipinski definition) is 6. The van der Waals surface area contributed by atoms with Crippen LogP contribution in [-0.4, -0.2) is 104 Å². The fourth-order valence-electron chi connectivity index (χ4n) is 4.29. The van der Waals surface area contributed by atoms with E-state index in [1.165, 1.54) is 16.2 Å². The number of fused-ring (bicyclic) bond motifs is 3. The lowest BCUT2D eigenvalue weighted by atomic mass is 10.0. The van der Waals surface area contributed by atoms with Gasteiger partial charge in [-0.15, -0.1) is 11.3 Å². The van der Waals surface area contributed by atoms with Crippen molar-refractivity contribution in [3.63, 3.8) is 0 Å². The second kappa shape index (κ2) is 8.04. The average Bonchev–Trinajstić information content (AvgIpc) is 2.92. The second-order valence-electron chi connectivity index (χ2n) is 8.30. The van der Waals surface area contributed by atoms with E-state index >= 15 is 0 Å². The van der Waals surface area contributed by atoms with Gasteiger partial charge in [0.15, 0.2) is 0 Å². The molecule has 0 spiro atoms. The van der Waals surface area contributed by atoms with Gasteiger partial charge < -0.3 is 19.6 Å². The summed E-state index contributed by atoms with van der Waals surface area (Å²) in [7, 11) is 5.53. The Labute approximate surface area is 175 Å². The van der Waals surface area contributed by atoms with Crippen LogP contribution in [-0.2, 0) is 22.6 Å². The molecule has 158 valence electrons. The molecule has 29 heavy (non-hydrogen) atoms. The molecule has 0 atom stereocenters. The number of rotatable bonds is 2. The summed E-state index contributed by atoms with van der Waals surface area (Å²) in [6.07, 6.45) is 1.75. The van der Waals surface area contributed by atoms with Crippen molar-refractivity contribution in [3.8, 4) is 0 Å². The van der Waals surface area contributed by atoms with Crippen LogP contribution in [0.5, 0.6) is 0 Å². The van der Waals surface area contributed by atoms with Crippen LogP contribution in [0.1, 0.15) is 27.2 Å². The number of amides is 3. The van der Waals surface area contributed by atoms with Crippen molar-refractivity contribution in [2.45, 2.75) is 19.4 Å². The standard InChI is InChI=1S/C20H29N5O3S/c1-21-6-4-7-24(10-9-21)13-17(27)25-8-5-14-15(11-25)29-20-18(14)19(28)22(2)12-16(26)23(20)3/h4-13H2,1-3H3. The molecule has 4 rings (SSSR count). The van der Waals surface area contributed by atoms with E-state index in [2.05, 4.69) is 16.8 Å². The first-order valence-corrected chi connectivity index (χ1v) is 11.0. The number of thiophene rings is 1. The van der Waals surface area contributed by atoms with E-state index in [1.54, 1.807) is 19.0 Å². The van der Waals surface area contributed by atoms with Gasteiger partial charge in [-0.1, -0.05) is 0 Å². The van der Waals surface area contributed by atoms with E-state index in [1.807, 2.05) is 4.90 Å². The van der Waals surface area contributed by atoms with E-state index in [-0.39, 0.29) is 24.3 Å². The van der Waals surface area contributed by atoms with Crippen LogP contribution in [0.3, 0.4) is 0 Å². The summed E-state index contributed by atoms with van der Waals surface area (Å²) in [4.78, 5) is 48.7. The quantitative estimate of drug-likeness (QED) is 0.691. The van der Waals surface area contributed by atoms with Crippen LogP contribution >= 0.6 is 11.3 Å². The first-order chi connectivity index (χ1) is 13.8. The Kier molecular flexibility index (Phi) is 5.63.